The number of nitrogens with zero attached hydrogens (tertiary/aromatic N) is 2. The molecule has 0 amide bonds. The fraction of sp³-hybridized carbons (Fsp3) is 0.538. The molecule has 1 aliphatic rings. The highest BCUT2D eigenvalue weighted by atomic mass is 32.1. The molecule has 1 aliphatic carbocycles. The first-order valence-corrected chi connectivity index (χ1v) is 7.42. The molecule has 0 aliphatic heterocycles. The van der Waals surface area contributed by atoms with E-state index in [4.69, 9.17) is 0 Å². The summed E-state index contributed by atoms with van der Waals surface area (Å²) in [7, 11) is 0. The van der Waals surface area contributed by atoms with Gasteiger partial charge in [-0.05, 0) is 12.8 Å². The van der Waals surface area contributed by atoms with Crippen LogP contribution in [0.3, 0.4) is 0 Å². The predicted octanol–water partition coefficient (Wildman–Crippen LogP) is 1.15. The molecule has 0 radical (unpaired) electrons. The normalized spacial score (nSPS) is 18.2. The van der Waals surface area contributed by atoms with E-state index in [2.05, 4.69) is 10.3 Å². The molecule has 0 bridgehead atoms. The molecule has 2 N–H and O–H groups in total. The molecular weight excluding hydrogens is 262 g/mol. The first kappa shape index (κ1) is 12.8. The predicted molar refractivity (Wildman–Crippen MR) is 74.5 cm³/mol. The number of fused-ring (bicyclic) bond motifs is 1. The summed E-state index contributed by atoms with van der Waals surface area (Å²) in [5, 5.41) is 14.8. The van der Waals surface area contributed by atoms with Gasteiger partial charge >= 0.3 is 0 Å². The van der Waals surface area contributed by atoms with Gasteiger partial charge in [-0.25, -0.2) is 4.98 Å². The fourth-order valence-corrected chi connectivity index (χ4v) is 3.44. The third-order valence-corrected chi connectivity index (χ3v) is 4.62. The molecule has 2 aromatic rings. The van der Waals surface area contributed by atoms with Crippen molar-refractivity contribution in [2.75, 3.05) is 6.61 Å². The van der Waals surface area contributed by atoms with E-state index in [9.17, 15) is 9.90 Å². The Morgan fingerprint density at radius 2 is 2.26 bits per heavy atom. The number of rotatable bonds is 4. The molecule has 2 aromatic heterocycles. The number of aliphatic hydroxyl groups excluding tert-OH is 1. The Hall–Kier alpha value is -1.24. The SMILES string of the molecule is O=c1cc(CNC2(CO)CCCC2)nc2sccn12. The summed E-state index contributed by atoms with van der Waals surface area (Å²) in [6.07, 6.45) is 6.01. The Morgan fingerprint density at radius 3 is 3.00 bits per heavy atom. The maximum absolute atomic E-state index is 11.9. The zero-order valence-corrected chi connectivity index (χ0v) is 11.4. The third kappa shape index (κ3) is 2.43. The summed E-state index contributed by atoms with van der Waals surface area (Å²) < 4.78 is 1.55. The van der Waals surface area contributed by atoms with Crippen LogP contribution < -0.4 is 10.9 Å². The molecule has 19 heavy (non-hydrogen) atoms. The Balaban J connectivity index is 1.79. The lowest BCUT2D eigenvalue weighted by Crippen LogP contribution is -2.45. The van der Waals surface area contributed by atoms with Gasteiger partial charge in [0.2, 0.25) is 0 Å². The summed E-state index contributed by atoms with van der Waals surface area (Å²) in [4.78, 5) is 17.0. The highest BCUT2D eigenvalue weighted by Crippen LogP contribution is 2.29. The van der Waals surface area contributed by atoms with Gasteiger partial charge in [0.05, 0.1) is 12.3 Å². The molecular formula is C13H17N3O2S. The van der Waals surface area contributed by atoms with Crippen LogP contribution in [-0.4, -0.2) is 26.6 Å². The van der Waals surface area contributed by atoms with Crippen LogP contribution in [0.15, 0.2) is 22.4 Å². The van der Waals surface area contributed by atoms with Gasteiger partial charge in [0.15, 0.2) is 4.96 Å². The molecule has 0 atom stereocenters. The second kappa shape index (κ2) is 5.03. The van der Waals surface area contributed by atoms with E-state index in [0.29, 0.717) is 11.5 Å². The lowest BCUT2D eigenvalue weighted by molar-refractivity contribution is 0.162. The summed E-state index contributed by atoms with van der Waals surface area (Å²) in [6.45, 7) is 0.678. The molecule has 3 rings (SSSR count). The topological polar surface area (TPSA) is 66.6 Å². The monoisotopic (exact) mass is 279 g/mol. The van der Waals surface area contributed by atoms with Crippen LogP contribution in [0.5, 0.6) is 0 Å². The van der Waals surface area contributed by atoms with Gasteiger partial charge in [-0.1, -0.05) is 12.8 Å². The van der Waals surface area contributed by atoms with Crippen LogP contribution in [0.25, 0.3) is 4.96 Å². The highest BCUT2D eigenvalue weighted by molar-refractivity contribution is 7.15. The molecule has 0 aromatic carbocycles. The fourth-order valence-electron chi connectivity index (χ4n) is 2.70. The van der Waals surface area contributed by atoms with Crippen LogP contribution >= 0.6 is 11.3 Å². The molecule has 1 fully saturated rings. The first-order valence-electron chi connectivity index (χ1n) is 6.54. The quantitative estimate of drug-likeness (QED) is 0.881. The standard InChI is InChI=1S/C13H17N3O2S/c17-9-13(3-1-2-4-13)14-8-10-7-11(18)16-5-6-19-12(16)15-10/h5-7,14,17H,1-4,8-9H2. The zero-order chi connectivity index (χ0) is 13.3. The van der Waals surface area contributed by atoms with Crippen LogP contribution in [0.2, 0.25) is 0 Å². The third-order valence-electron chi connectivity index (χ3n) is 3.86. The molecule has 0 spiro atoms. The molecule has 2 heterocycles. The second-order valence-electron chi connectivity index (χ2n) is 5.14. The van der Waals surface area contributed by atoms with E-state index in [-0.39, 0.29) is 17.7 Å². The van der Waals surface area contributed by atoms with Gasteiger partial charge in [0.25, 0.3) is 5.56 Å². The van der Waals surface area contributed by atoms with Crippen molar-refractivity contribution in [2.45, 2.75) is 37.8 Å². The number of thiazole rings is 1. The smallest absolute Gasteiger partial charge is 0.258 e. The minimum Gasteiger partial charge on any atom is -0.394 e. The van der Waals surface area contributed by atoms with Crippen LogP contribution in [0, 0.1) is 0 Å². The van der Waals surface area contributed by atoms with Gasteiger partial charge in [0, 0.05) is 29.7 Å². The van der Waals surface area contributed by atoms with Crippen molar-refractivity contribution < 1.29 is 5.11 Å². The van der Waals surface area contributed by atoms with E-state index >= 15 is 0 Å². The van der Waals surface area contributed by atoms with Gasteiger partial charge in [-0.3, -0.25) is 9.20 Å². The van der Waals surface area contributed by atoms with Gasteiger partial charge < -0.3 is 10.4 Å². The minimum absolute atomic E-state index is 0.0486. The molecule has 0 saturated heterocycles. The lowest BCUT2D eigenvalue weighted by Gasteiger charge is -2.27. The van der Waals surface area contributed by atoms with Crippen molar-refractivity contribution in [1.29, 1.82) is 0 Å². The van der Waals surface area contributed by atoms with Crippen molar-refractivity contribution in [2.24, 2.45) is 0 Å². The van der Waals surface area contributed by atoms with Crippen molar-refractivity contribution in [3.05, 3.63) is 33.7 Å². The molecule has 102 valence electrons. The Labute approximate surface area is 114 Å². The maximum atomic E-state index is 11.9. The second-order valence-corrected chi connectivity index (χ2v) is 6.01. The molecule has 6 heteroatoms. The number of nitrogens with one attached hydrogen (secondary N) is 1. The van der Waals surface area contributed by atoms with Gasteiger partial charge in [-0.15, -0.1) is 11.3 Å². The molecule has 0 unspecified atom stereocenters. The van der Waals surface area contributed by atoms with Crippen molar-refractivity contribution in [3.63, 3.8) is 0 Å². The van der Waals surface area contributed by atoms with Crippen molar-refractivity contribution >= 4 is 16.3 Å². The average molecular weight is 279 g/mol. The minimum atomic E-state index is -0.178. The van der Waals surface area contributed by atoms with Crippen LogP contribution in [-0.2, 0) is 6.54 Å². The Kier molecular flexibility index (Phi) is 3.38. The summed E-state index contributed by atoms with van der Waals surface area (Å²) >= 11 is 1.45. The first-order chi connectivity index (χ1) is 9.22. The van der Waals surface area contributed by atoms with E-state index in [1.807, 2.05) is 5.38 Å². The number of hydrogen-bond donors (Lipinski definition) is 2. The van der Waals surface area contributed by atoms with E-state index in [1.165, 1.54) is 11.3 Å². The number of aliphatic hydroxyl groups is 1. The average Bonchev–Trinajstić information content (AvgIpc) is 3.06. The van der Waals surface area contributed by atoms with Crippen LogP contribution in [0.4, 0.5) is 0 Å². The summed E-state index contributed by atoms with van der Waals surface area (Å²) in [5.41, 5.74) is 0.516. The zero-order valence-electron chi connectivity index (χ0n) is 10.6. The molecule has 1 saturated carbocycles. The van der Waals surface area contributed by atoms with Crippen molar-refractivity contribution in [1.82, 2.24) is 14.7 Å². The van der Waals surface area contributed by atoms with E-state index < -0.39 is 0 Å². The Bertz CT molecular complexity index is 628. The highest BCUT2D eigenvalue weighted by Gasteiger charge is 2.32. The van der Waals surface area contributed by atoms with Gasteiger partial charge in [-0.2, -0.15) is 0 Å². The summed E-state index contributed by atoms with van der Waals surface area (Å²) in [6, 6.07) is 1.56. The summed E-state index contributed by atoms with van der Waals surface area (Å²) in [5.74, 6) is 0. The lowest BCUT2D eigenvalue weighted by atomic mass is 9.99. The maximum Gasteiger partial charge on any atom is 0.258 e. The number of aromatic nitrogens is 2. The van der Waals surface area contributed by atoms with E-state index in [1.54, 1.807) is 16.7 Å². The van der Waals surface area contributed by atoms with Crippen LogP contribution in [0.1, 0.15) is 31.4 Å². The van der Waals surface area contributed by atoms with Gasteiger partial charge in [0.1, 0.15) is 0 Å². The van der Waals surface area contributed by atoms with E-state index in [0.717, 1.165) is 31.4 Å². The largest absolute Gasteiger partial charge is 0.394 e. The van der Waals surface area contributed by atoms with Crippen molar-refractivity contribution in [3.8, 4) is 0 Å². The molecule has 5 nitrogen and oxygen atoms in total. The number of hydrogen-bond acceptors (Lipinski definition) is 5. The Morgan fingerprint density at radius 1 is 1.47 bits per heavy atom.